The van der Waals surface area contributed by atoms with E-state index < -0.39 is 10.0 Å². The van der Waals surface area contributed by atoms with E-state index in [1.54, 1.807) is 18.2 Å². The third kappa shape index (κ3) is 4.01. The molecule has 0 aromatic heterocycles. The van der Waals surface area contributed by atoms with Gasteiger partial charge in [-0.1, -0.05) is 12.1 Å². The van der Waals surface area contributed by atoms with Crippen molar-refractivity contribution in [3.63, 3.8) is 0 Å². The molecule has 2 N–H and O–H groups in total. The molecule has 0 heterocycles. The Hall–Kier alpha value is -0.950. The highest BCUT2D eigenvalue weighted by molar-refractivity contribution is 7.89. The molecule has 0 aliphatic carbocycles. The standard InChI is InChI=1S/C13H22N2O3S/c1-10(9-16)14-11(2)12-6-5-7-13(8-12)19(17,18)15(3)4/h5-8,10-11,14,16H,9H2,1-4H3/t10-,11?/m1/s1. The van der Waals surface area contributed by atoms with E-state index >= 15 is 0 Å². The molecule has 0 aliphatic heterocycles. The first kappa shape index (κ1) is 16.1. The van der Waals surface area contributed by atoms with E-state index in [9.17, 15) is 8.42 Å². The lowest BCUT2D eigenvalue weighted by Gasteiger charge is -2.20. The van der Waals surface area contributed by atoms with Crippen LogP contribution in [0.5, 0.6) is 0 Å². The second-order valence-electron chi connectivity index (χ2n) is 4.83. The first-order valence-corrected chi connectivity index (χ1v) is 7.62. The highest BCUT2D eigenvalue weighted by atomic mass is 32.2. The van der Waals surface area contributed by atoms with Gasteiger partial charge in [-0.2, -0.15) is 0 Å². The average molecular weight is 286 g/mol. The van der Waals surface area contributed by atoms with Crippen LogP contribution in [0, 0.1) is 0 Å². The molecule has 1 rings (SSSR count). The zero-order chi connectivity index (χ0) is 14.6. The minimum Gasteiger partial charge on any atom is -0.395 e. The van der Waals surface area contributed by atoms with E-state index in [4.69, 9.17) is 5.11 Å². The van der Waals surface area contributed by atoms with E-state index in [0.29, 0.717) is 0 Å². The fourth-order valence-corrected chi connectivity index (χ4v) is 2.69. The minimum absolute atomic E-state index is 0.0283. The Morgan fingerprint density at radius 2 is 1.95 bits per heavy atom. The summed E-state index contributed by atoms with van der Waals surface area (Å²) in [6.07, 6.45) is 0. The minimum atomic E-state index is -3.41. The topological polar surface area (TPSA) is 69.6 Å². The SMILES string of the molecule is CC(N[C@H](C)CO)c1cccc(S(=O)(=O)N(C)C)c1. The smallest absolute Gasteiger partial charge is 0.242 e. The van der Waals surface area contributed by atoms with Crippen molar-refractivity contribution in [2.45, 2.75) is 30.8 Å². The Labute approximate surface area is 115 Å². The molecular formula is C13H22N2O3S. The van der Waals surface area contributed by atoms with Crippen LogP contribution in [-0.4, -0.2) is 44.6 Å². The number of benzene rings is 1. The molecule has 1 aromatic rings. The fourth-order valence-electron chi connectivity index (χ4n) is 1.73. The molecule has 2 atom stereocenters. The summed E-state index contributed by atoms with van der Waals surface area (Å²) in [5.41, 5.74) is 0.878. The van der Waals surface area contributed by atoms with Crippen LogP contribution in [0.1, 0.15) is 25.5 Å². The Morgan fingerprint density at radius 1 is 1.32 bits per heavy atom. The van der Waals surface area contributed by atoms with Crippen molar-refractivity contribution in [3.05, 3.63) is 29.8 Å². The average Bonchev–Trinajstić information content (AvgIpc) is 2.38. The van der Waals surface area contributed by atoms with Crippen molar-refractivity contribution in [2.24, 2.45) is 0 Å². The number of rotatable bonds is 6. The first-order chi connectivity index (χ1) is 8.78. The van der Waals surface area contributed by atoms with E-state index in [2.05, 4.69) is 5.32 Å². The Bertz CT molecular complexity index is 514. The Balaban J connectivity index is 3.01. The van der Waals surface area contributed by atoms with Gasteiger partial charge < -0.3 is 10.4 Å². The van der Waals surface area contributed by atoms with Crippen LogP contribution < -0.4 is 5.32 Å². The lowest BCUT2D eigenvalue weighted by Crippen LogP contribution is -2.31. The van der Waals surface area contributed by atoms with Crippen LogP contribution in [0.4, 0.5) is 0 Å². The largest absolute Gasteiger partial charge is 0.395 e. The predicted octanol–water partition coefficient (Wildman–Crippen LogP) is 0.968. The van der Waals surface area contributed by atoms with Gasteiger partial charge in [-0.25, -0.2) is 12.7 Å². The molecule has 0 saturated carbocycles. The predicted molar refractivity (Wildman–Crippen MR) is 75.4 cm³/mol. The van der Waals surface area contributed by atoms with Crippen molar-refractivity contribution < 1.29 is 13.5 Å². The van der Waals surface area contributed by atoms with Gasteiger partial charge in [0.1, 0.15) is 0 Å². The molecule has 19 heavy (non-hydrogen) atoms. The molecule has 108 valence electrons. The number of nitrogens with zero attached hydrogens (tertiary/aromatic N) is 1. The van der Waals surface area contributed by atoms with E-state index in [-0.39, 0.29) is 23.6 Å². The summed E-state index contributed by atoms with van der Waals surface area (Å²) >= 11 is 0. The van der Waals surface area contributed by atoms with Crippen LogP contribution in [0.2, 0.25) is 0 Å². The third-order valence-electron chi connectivity index (χ3n) is 2.95. The Morgan fingerprint density at radius 3 is 2.47 bits per heavy atom. The second-order valence-corrected chi connectivity index (χ2v) is 6.98. The van der Waals surface area contributed by atoms with Gasteiger partial charge in [-0.15, -0.1) is 0 Å². The van der Waals surface area contributed by atoms with Gasteiger partial charge in [0.25, 0.3) is 0 Å². The van der Waals surface area contributed by atoms with Crippen molar-refractivity contribution in [2.75, 3.05) is 20.7 Å². The van der Waals surface area contributed by atoms with Crippen molar-refractivity contribution in [1.29, 1.82) is 0 Å². The summed E-state index contributed by atoms with van der Waals surface area (Å²) in [5.74, 6) is 0. The van der Waals surface area contributed by atoms with Crippen LogP contribution in [0.3, 0.4) is 0 Å². The lowest BCUT2D eigenvalue weighted by atomic mass is 10.1. The highest BCUT2D eigenvalue weighted by Gasteiger charge is 2.18. The quantitative estimate of drug-likeness (QED) is 0.817. The third-order valence-corrected chi connectivity index (χ3v) is 4.76. The molecule has 0 spiro atoms. The number of nitrogens with one attached hydrogen (secondary N) is 1. The molecule has 5 nitrogen and oxygen atoms in total. The molecule has 0 saturated heterocycles. The number of aliphatic hydroxyl groups is 1. The summed E-state index contributed by atoms with van der Waals surface area (Å²) in [7, 11) is -0.388. The molecule has 0 fully saturated rings. The summed E-state index contributed by atoms with van der Waals surface area (Å²) < 4.78 is 25.3. The van der Waals surface area contributed by atoms with Gasteiger partial charge in [-0.05, 0) is 31.5 Å². The van der Waals surface area contributed by atoms with Crippen LogP contribution >= 0.6 is 0 Å². The summed E-state index contributed by atoms with van der Waals surface area (Å²) in [5, 5.41) is 12.2. The number of hydrogen-bond acceptors (Lipinski definition) is 4. The van der Waals surface area contributed by atoms with Crippen LogP contribution in [0.15, 0.2) is 29.2 Å². The van der Waals surface area contributed by atoms with Crippen molar-refractivity contribution >= 4 is 10.0 Å². The van der Waals surface area contributed by atoms with Crippen LogP contribution in [-0.2, 0) is 10.0 Å². The second kappa shape index (κ2) is 6.47. The van der Waals surface area contributed by atoms with E-state index in [1.807, 2.05) is 19.9 Å². The highest BCUT2D eigenvalue weighted by Crippen LogP contribution is 2.19. The first-order valence-electron chi connectivity index (χ1n) is 6.18. The number of aliphatic hydroxyl groups excluding tert-OH is 1. The van der Waals surface area contributed by atoms with Gasteiger partial charge in [-0.3, -0.25) is 0 Å². The van der Waals surface area contributed by atoms with Crippen LogP contribution in [0.25, 0.3) is 0 Å². The molecule has 1 unspecified atom stereocenters. The molecule has 0 radical (unpaired) electrons. The van der Waals surface area contributed by atoms with Gasteiger partial charge in [0, 0.05) is 26.2 Å². The molecule has 6 heteroatoms. The summed E-state index contributed by atoms with van der Waals surface area (Å²) in [6.45, 7) is 3.85. The molecule has 1 aromatic carbocycles. The van der Waals surface area contributed by atoms with Crippen molar-refractivity contribution in [3.8, 4) is 0 Å². The van der Waals surface area contributed by atoms with E-state index in [1.165, 1.54) is 18.4 Å². The Kier molecular flexibility index (Phi) is 5.49. The van der Waals surface area contributed by atoms with E-state index in [0.717, 1.165) is 5.56 Å². The molecular weight excluding hydrogens is 264 g/mol. The van der Waals surface area contributed by atoms with Gasteiger partial charge >= 0.3 is 0 Å². The molecule has 0 aliphatic rings. The molecule has 0 amide bonds. The maximum absolute atomic E-state index is 12.1. The fraction of sp³-hybridized carbons (Fsp3) is 0.538. The monoisotopic (exact) mass is 286 g/mol. The summed E-state index contributed by atoms with van der Waals surface area (Å²) in [6, 6.07) is 6.78. The van der Waals surface area contributed by atoms with Gasteiger partial charge in [0.05, 0.1) is 11.5 Å². The maximum atomic E-state index is 12.1. The number of hydrogen-bond donors (Lipinski definition) is 2. The summed E-state index contributed by atoms with van der Waals surface area (Å²) in [4.78, 5) is 0.278. The number of sulfonamides is 1. The van der Waals surface area contributed by atoms with Gasteiger partial charge in [0.2, 0.25) is 10.0 Å². The molecule has 0 bridgehead atoms. The zero-order valence-electron chi connectivity index (χ0n) is 11.8. The normalized spacial score (nSPS) is 15.5. The zero-order valence-corrected chi connectivity index (χ0v) is 12.6. The lowest BCUT2D eigenvalue weighted by molar-refractivity contribution is 0.243. The maximum Gasteiger partial charge on any atom is 0.242 e. The van der Waals surface area contributed by atoms with Gasteiger partial charge in [0.15, 0.2) is 0 Å². The van der Waals surface area contributed by atoms with Crippen molar-refractivity contribution in [1.82, 2.24) is 9.62 Å².